The Kier molecular flexibility index (Phi) is 6.65. The number of hydrogen-bond donors (Lipinski definition) is 1. The molecule has 1 aliphatic carbocycles. The fraction of sp³-hybridized carbons (Fsp3) is 0.304. The number of hydrogen-bond acceptors (Lipinski definition) is 8. The quantitative estimate of drug-likeness (QED) is 0.512. The van der Waals surface area contributed by atoms with Crippen molar-refractivity contribution >= 4 is 34.8 Å². The van der Waals surface area contributed by atoms with E-state index < -0.39 is 5.91 Å². The van der Waals surface area contributed by atoms with Gasteiger partial charge in [-0.15, -0.1) is 16.4 Å². The third kappa shape index (κ3) is 4.72. The molecule has 0 spiro atoms. The van der Waals surface area contributed by atoms with E-state index in [-0.39, 0.29) is 17.9 Å². The topological polar surface area (TPSA) is 104 Å². The second-order valence-corrected chi connectivity index (χ2v) is 8.16. The molecule has 9 heteroatoms. The molecule has 1 N–H and O–H groups in total. The maximum atomic E-state index is 12.8. The molecule has 1 amide bonds. The van der Waals surface area contributed by atoms with Crippen LogP contribution in [0.15, 0.2) is 46.2 Å². The van der Waals surface area contributed by atoms with Gasteiger partial charge in [0.25, 0.3) is 11.8 Å². The number of rotatable bonds is 7. The zero-order valence-electron chi connectivity index (χ0n) is 17.8. The SMILES string of the molecule is CCOC(=O)C1CC=C(c2ccc(C(=O)Nc3nnc(-c4cccs4)o3)c(OC)c2)CC1. The molecule has 3 aromatic rings. The minimum Gasteiger partial charge on any atom is -0.496 e. The highest BCUT2D eigenvalue weighted by Gasteiger charge is 2.24. The van der Waals surface area contributed by atoms with Crippen LogP contribution >= 0.6 is 11.3 Å². The molecular formula is C23H23N3O5S. The number of benzene rings is 1. The van der Waals surface area contributed by atoms with Gasteiger partial charge in [0.15, 0.2) is 0 Å². The summed E-state index contributed by atoms with van der Waals surface area (Å²) in [5.41, 5.74) is 2.43. The number of amides is 1. The normalized spacial score (nSPS) is 15.7. The Morgan fingerprint density at radius 2 is 2.16 bits per heavy atom. The summed E-state index contributed by atoms with van der Waals surface area (Å²) in [5.74, 6) is 0.138. The second kappa shape index (κ2) is 9.78. The maximum Gasteiger partial charge on any atom is 0.322 e. The van der Waals surface area contributed by atoms with E-state index >= 15 is 0 Å². The van der Waals surface area contributed by atoms with Crippen LogP contribution in [0, 0.1) is 5.92 Å². The maximum absolute atomic E-state index is 12.8. The lowest BCUT2D eigenvalue weighted by Gasteiger charge is -2.21. The van der Waals surface area contributed by atoms with Crippen LogP contribution in [0.2, 0.25) is 0 Å². The number of anilines is 1. The summed E-state index contributed by atoms with van der Waals surface area (Å²) in [7, 11) is 1.52. The van der Waals surface area contributed by atoms with Crippen LogP contribution in [0.25, 0.3) is 16.3 Å². The summed E-state index contributed by atoms with van der Waals surface area (Å²) in [5, 5.41) is 12.4. The first-order valence-electron chi connectivity index (χ1n) is 10.3. The zero-order chi connectivity index (χ0) is 22.5. The van der Waals surface area contributed by atoms with E-state index in [9.17, 15) is 9.59 Å². The minimum absolute atomic E-state index is 0.0181. The average molecular weight is 454 g/mol. The number of thiophene rings is 1. The Morgan fingerprint density at radius 3 is 2.84 bits per heavy atom. The zero-order valence-corrected chi connectivity index (χ0v) is 18.6. The number of methoxy groups -OCH3 is 1. The van der Waals surface area contributed by atoms with E-state index in [1.165, 1.54) is 18.4 Å². The fourth-order valence-electron chi connectivity index (χ4n) is 3.59. The first-order valence-corrected chi connectivity index (χ1v) is 11.2. The van der Waals surface area contributed by atoms with Crippen molar-refractivity contribution < 1.29 is 23.5 Å². The van der Waals surface area contributed by atoms with E-state index in [2.05, 4.69) is 21.6 Å². The molecule has 0 aliphatic heterocycles. The van der Waals surface area contributed by atoms with E-state index in [0.717, 1.165) is 28.9 Å². The molecule has 1 aromatic carbocycles. The molecule has 166 valence electrons. The summed E-state index contributed by atoms with van der Waals surface area (Å²) < 4.78 is 16.1. The van der Waals surface area contributed by atoms with Gasteiger partial charge < -0.3 is 13.9 Å². The lowest BCUT2D eigenvalue weighted by atomic mass is 9.86. The summed E-state index contributed by atoms with van der Waals surface area (Å²) in [6, 6.07) is 9.17. The molecule has 1 atom stereocenters. The molecule has 0 saturated heterocycles. The molecule has 1 unspecified atom stereocenters. The van der Waals surface area contributed by atoms with Gasteiger partial charge in [-0.2, -0.15) is 0 Å². The lowest BCUT2D eigenvalue weighted by Crippen LogP contribution is -2.19. The minimum atomic E-state index is -0.408. The highest BCUT2D eigenvalue weighted by Crippen LogP contribution is 2.33. The van der Waals surface area contributed by atoms with Crippen LogP contribution in [-0.4, -0.2) is 35.8 Å². The van der Waals surface area contributed by atoms with Gasteiger partial charge in [-0.05, 0) is 60.9 Å². The first-order chi connectivity index (χ1) is 15.6. The summed E-state index contributed by atoms with van der Waals surface area (Å²) in [4.78, 5) is 25.5. The van der Waals surface area contributed by atoms with Gasteiger partial charge in [0, 0.05) is 0 Å². The number of nitrogens with one attached hydrogen (secondary N) is 1. The molecule has 0 bridgehead atoms. The van der Waals surface area contributed by atoms with Gasteiger partial charge in [-0.1, -0.05) is 23.3 Å². The summed E-state index contributed by atoms with van der Waals surface area (Å²) in [6.07, 6.45) is 4.19. The predicted octanol–water partition coefficient (Wildman–Crippen LogP) is 4.81. The monoisotopic (exact) mass is 453 g/mol. The summed E-state index contributed by atoms with van der Waals surface area (Å²) in [6.45, 7) is 2.21. The number of carbonyl (C=O) groups is 2. The largest absolute Gasteiger partial charge is 0.496 e. The van der Waals surface area contributed by atoms with Crippen molar-refractivity contribution in [1.29, 1.82) is 0 Å². The van der Waals surface area contributed by atoms with Gasteiger partial charge >= 0.3 is 12.0 Å². The molecular weight excluding hydrogens is 430 g/mol. The Hall–Kier alpha value is -3.46. The molecule has 4 rings (SSSR count). The third-order valence-corrected chi connectivity index (χ3v) is 6.08. The Morgan fingerprint density at radius 1 is 1.28 bits per heavy atom. The van der Waals surface area contributed by atoms with Gasteiger partial charge in [0.2, 0.25) is 0 Å². The van der Waals surface area contributed by atoms with Crippen molar-refractivity contribution in [2.24, 2.45) is 5.92 Å². The Bertz CT molecular complexity index is 1140. The van der Waals surface area contributed by atoms with Gasteiger partial charge in [0.1, 0.15) is 5.75 Å². The van der Waals surface area contributed by atoms with E-state index in [1.807, 2.05) is 36.6 Å². The van der Waals surface area contributed by atoms with Crippen LogP contribution in [0.3, 0.4) is 0 Å². The highest BCUT2D eigenvalue weighted by atomic mass is 32.1. The molecule has 8 nitrogen and oxygen atoms in total. The first kappa shape index (κ1) is 21.8. The molecule has 1 aliphatic rings. The number of ether oxygens (including phenoxy) is 2. The second-order valence-electron chi connectivity index (χ2n) is 7.21. The van der Waals surface area contributed by atoms with Gasteiger partial charge in [-0.3, -0.25) is 14.9 Å². The van der Waals surface area contributed by atoms with Crippen molar-refractivity contribution in [2.75, 3.05) is 19.0 Å². The Labute approximate surface area is 189 Å². The van der Waals surface area contributed by atoms with Crippen molar-refractivity contribution in [3.8, 4) is 16.5 Å². The van der Waals surface area contributed by atoms with Crippen molar-refractivity contribution in [3.05, 3.63) is 52.9 Å². The van der Waals surface area contributed by atoms with Crippen molar-refractivity contribution in [3.63, 3.8) is 0 Å². The molecule has 0 radical (unpaired) electrons. The van der Waals surface area contributed by atoms with E-state index in [1.54, 1.807) is 6.07 Å². The molecule has 32 heavy (non-hydrogen) atoms. The number of carbonyl (C=O) groups excluding carboxylic acids is 2. The van der Waals surface area contributed by atoms with Crippen LogP contribution < -0.4 is 10.1 Å². The number of allylic oxidation sites excluding steroid dienone is 2. The Balaban J connectivity index is 1.47. The van der Waals surface area contributed by atoms with Crippen LogP contribution in [0.4, 0.5) is 6.01 Å². The smallest absolute Gasteiger partial charge is 0.322 e. The highest BCUT2D eigenvalue weighted by molar-refractivity contribution is 7.13. The fourth-order valence-corrected chi connectivity index (χ4v) is 4.23. The van der Waals surface area contributed by atoms with Crippen LogP contribution in [-0.2, 0) is 9.53 Å². The van der Waals surface area contributed by atoms with Gasteiger partial charge in [-0.25, -0.2) is 0 Å². The molecule has 0 fully saturated rings. The van der Waals surface area contributed by atoms with Gasteiger partial charge in [0.05, 0.1) is 30.1 Å². The number of esters is 1. The molecule has 2 aromatic heterocycles. The van der Waals surface area contributed by atoms with Crippen LogP contribution in [0.1, 0.15) is 42.1 Å². The molecule has 2 heterocycles. The lowest BCUT2D eigenvalue weighted by molar-refractivity contribution is -0.148. The third-order valence-electron chi connectivity index (χ3n) is 5.23. The number of aromatic nitrogens is 2. The number of nitrogens with zero attached hydrogens (tertiary/aromatic N) is 2. The van der Waals surface area contributed by atoms with E-state index in [0.29, 0.717) is 30.2 Å². The van der Waals surface area contributed by atoms with Crippen molar-refractivity contribution in [1.82, 2.24) is 10.2 Å². The molecule has 0 saturated carbocycles. The summed E-state index contributed by atoms with van der Waals surface area (Å²) >= 11 is 1.47. The standard InChI is InChI=1S/C23H23N3O5S/c1-3-30-22(28)15-8-6-14(7-9-15)16-10-11-17(18(13-16)29-2)20(27)24-23-26-25-21(31-23)19-5-4-12-32-19/h4-6,10-13,15H,3,7-9H2,1-2H3,(H,24,26,27). The van der Waals surface area contributed by atoms with Crippen LogP contribution in [0.5, 0.6) is 5.75 Å². The predicted molar refractivity (Wildman–Crippen MR) is 121 cm³/mol. The van der Waals surface area contributed by atoms with E-state index in [4.69, 9.17) is 13.9 Å². The average Bonchev–Trinajstić information content (AvgIpc) is 3.51. The van der Waals surface area contributed by atoms with Crippen molar-refractivity contribution in [2.45, 2.75) is 26.2 Å².